The van der Waals surface area contributed by atoms with Crippen molar-refractivity contribution in [3.05, 3.63) is 18.2 Å². The summed E-state index contributed by atoms with van der Waals surface area (Å²) >= 11 is 0. The number of hydrogen-bond donors (Lipinski definition) is 2. The molecule has 1 amide bonds. The minimum absolute atomic E-state index is 0.00832. The highest BCUT2D eigenvalue weighted by Crippen LogP contribution is 2.32. The zero-order valence-electron chi connectivity index (χ0n) is 11.1. The van der Waals surface area contributed by atoms with Gasteiger partial charge in [0, 0.05) is 18.3 Å². The molecule has 2 aliphatic rings. The second kappa shape index (κ2) is 5.68. The van der Waals surface area contributed by atoms with Gasteiger partial charge in [-0.1, -0.05) is 0 Å². The molecule has 0 radical (unpaired) electrons. The van der Waals surface area contributed by atoms with E-state index in [4.69, 9.17) is 19.9 Å². The molecule has 2 aliphatic heterocycles. The molecule has 0 aromatic heterocycles. The highest BCUT2D eigenvalue weighted by molar-refractivity contribution is 5.94. The van der Waals surface area contributed by atoms with Gasteiger partial charge in [0.25, 0.3) is 5.91 Å². The molecule has 0 unspecified atom stereocenters. The lowest BCUT2D eigenvalue weighted by Crippen LogP contribution is -2.29. The van der Waals surface area contributed by atoms with Crippen LogP contribution in [0.3, 0.4) is 0 Å². The number of nitrogens with one attached hydrogen (secondary N) is 1. The predicted octanol–water partition coefficient (Wildman–Crippen LogP) is 0.903. The summed E-state index contributed by atoms with van der Waals surface area (Å²) in [5.74, 6) is 1.22. The summed E-state index contributed by atoms with van der Waals surface area (Å²) in [6.07, 6.45) is 1.11. The number of ether oxygens (including phenoxy) is 3. The lowest BCUT2D eigenvalue weighted by molar-refractivity contribution is -0.126. The standard InChI is InChI=1S/C14H18N2O4/c15-8-10-2-4-12(20-10)14(17)16-9-1-3-11-13(7-9)19-6-5-18-11/h1,3,7,10,12H,2,4-6,8,15H2,(H,16,17)/t10-,12+/m1/s1. The van der Waals surface area contributed by atoms with Crippen molar-refractivity contribution in [2.75, 3.05) is 25.1 Å². The highest BCUT2D eigenvalue weighted by atomic mass is 16.6. The summed E-state index contributed by atoms with van der Waals surface area (Å²) in [6, 6.07) is 5.35. The highest BCUT2D eigenvalue weighted by Gasteiger charge is 2.30. The zero-order chi connectivity index (χ0) is 13.9. The predicted molar refractivity (Wildman–Crippen MR) is 73.0 cm³/mol. The van der Waals surface area contributed by atoms with E-state index in [0.29, 0.717) is 43.4 Å². The Morgan fingerprint density at radius 1 is 1.25 bits per heavy atom. The average molecular weight is 278 g/mol. The monoisotopic (exact) mass is 278 g/mol. The minimum Gasteiger partial charge on any atom is -0.486 e. The summed E-state index contributed by atoms with van der Waals surface area (Å²) in [5, 5.41) is 2.84. The SMILES string of the molecule is NC[C@H]1CC[C@@H](C(=O)Nc2ccc3c(c2)OCCO3)O1. The van der Waals surface area contributed by atoms with E-state index in [-0.39, 0.29) is 12.0 Å². The van der Waals surface area contributed by atoms with Crippen molar-refractivity contribution in [1.82, 2.24) is 0 Å². The van der Waals surface area contributed by atoms with Crippen LogP contribution in [0.25, 0.3) is 0 Å². The molecule has 6 heteroatoms. The molecule has 0 aliphatic carbocycles. The molecule has 2 atom stereocenters. The third-order valence-corrected chi connectivity index (χ3v) is 3.47. The van der Waals surface area contributed by atoms with E-state index in [0.717, 1.165) is 6.42 Å². The average Bonchev–Trinajstić information content (AvgIpc) is 2.96. The van der Waals surface area contributed by atoms with Crippen LogP contribution in [-0.4, -0.2) is 37.9 Å². The van der Waals surface area contributed by atoms with Crippen molar-refractivity contribution in [2.45, 2.75) is 25.0 Å². The first-order chi connectivity index (χ1) is 9.76. The third-order valence-electron chi connectivity index (χ3n) is 3.47. The minimum atomic E-state index is -0.420. The maximum atomic E-state index is 12.1. The van der Waals surface area contributed by atoms with Crippen molar-refractivity contribution < 1.29 is 19.0 Å². The number of hydrogen-bond acceptors (Lipinski definition) is 5. The van der Waals surface area contributed by atoms with Crippen LogP contribution >= 0.6 is 0 Å². The summed E-state index contributed by atoms with van der Waals surface area (Å²) in [5.41, 5.74) is 6.22. The van der Waals surface area contributed by atoms with E-state index >= 15 is 0 Å². The molecule has 0 bridgehead atoms. The topological polar surface area (TPSA) is 82.8 Å². The lowest BCUT2D eigenvalue weighted by atomic mass is 10.2. The fourth-order valence-corrected chi connectivity index (χ4v) is 2.42. The molecule has 1 saturated heterocycles. The van der Waals surface area contributed by atoms with Crippen LogP contribution in [-0.2, 0) is 9.53 Å². The van der Waals surface area contributed by atoms with Gasteiger partial charge in [-0.15, -0.1) is 0 Å². The Morgan fingerprint density at radius 3 is 2.80 bits per heavy atom. The van der Waals surface area contributed by atoms with Crippen LogP contribution in [0.5, 0.6) is 11.5 Å². The zero-order valence-corrected chi connectivity index (χ0v) is 11.1. The van der Waals surface area contributed by atoms with E-state index in [1.54, 1.807) is 18.2 Å². The summed E-state index contributed by atoms with van der Waals surface area (Å²) < 4.78 is 16.5. The Bertz CT molecular complexity index is 506. The van der Waals surface area contributed by atoms with Crippen molar-refractivity contribution in [2.24, 2.45) is 5.73 Å². The van der Waals surface area contributed by atoms with E-state index in [2.05, 4.69) is 5.32 Å². The van der Waals surface area contributed by atoms with Gasteiger partial charge < -0.3 is 25.3 Å². The third kappa shape index (κ3) is 2.71. The molecule has 1 aromatic rings. The Hall–Kier alpha value is -1.79. The number of anilines is 1. The maximum absolute atomic E-state index is 12.1. The smallest absolute Gasteiger partial charge is 0.253 e. The Kier molecular flexibility index (Phi) is 3.75. The van der Waals surface area contributed by atoms with Crippen LogP contribution in [0.4, 0.5) is 5.69 Å². The number of carbonyl (C=O) groups excluding carboxylic acids is 1. The molecule has 2 heterocycles. The first-order valence-corrected chi connectivity index (χ1v) is 6.82. The quantitative estimate of drug-likeness (QED) is 0.858. The largest absolute Gasteiger partial charge is 0.486 e. The molecule has 20 heavy (non-hydrogen) atoms. The summed E-state index contributed by atoms with van der Waals surface area (Å²) in [7, 11) is 0. The summed E-state index contributed by atoms with van der Waals surface area (Å²) in [6.45, 7) is 1.53. The maximum Gasteiger partial charge on any atom is 0.253 e. The fourth-order valence-electron chi connectivity index (χ4n) is 2.42. The van der Waals surface area contributed by atoms with Crippen LogP contribution in [0.15, 0.2) is 18.2 Å². The number of rotatable bonds is 3. The molecule has 1 aromatic carbocycles. The van der Waals surface area contributed by atoms with Crippen LogP contribution in [0, 0.1) is 0 Å². The summed E-state index contributed by atoms with van der Waals surface area (Å²) in [4.78, 5) is 12.1. The van der Waals surface area contributed by atoms with Gasteiger partial charge >= 0.3 is 0 Å². The van der Waals surface area contributed by atoms with E-state index in [1.165, 1.54) is 0 Å². The van der Waals surface area contributed by atoms with E-state index in [1.807, 2.05) is 0 Å². The van der Waals surface area contributed by atoms with Gasteiger partial charge in [0.15, 0.2) is 11.5 Å². The first kappa shape index (κ1) is 13.2. The second-order valence-electron chi connectivity index (χ2n) is 4.91. The molecular formula is C14H18N2O4. The van der Waals surface area contributed by atoms with Gasteiger partial charge in [-0.25, -0.2) is 0 Å². The first-order valence-electron chi connectivity index (χ1n) is 6.82. The van der Waals surface area contributed by atoms with E-state index in [9.17, 15) is 4.79 Å². The van der Waals surface area contributed by atoms with Crippen molar-refractivity contribution in [3.63, 3.8) is 0 Å². The van der Waals surface area contributed by atoms with Crippen LogP contribution in [0.2, 0.25) is 0 Å². The second-order valence-corrected chi connectivity index (χ2v) is 4.91. The Labute approximate surface area is 117 Å². The van der Waals surface area contributed by atoms with Crippen molar-refractivity contribution in [1.29, 1.82) is 0 Å². The molecule has 3 N–H and O–H groups in total. The molecule has 6 nitrogen and oxygen atoms in total. The number of benzene rings is 1. The van der Waals surface area contributed by atoms with Gasteiger partial charge in [-0.2, -0.15) is 0 Å². The molecule has 1 fully saturated rings. The number of nitrogens with two attached hydrogens (primary N) is 1. The van der Waals surface area contributed by atoms with Gasteiger partial charge in [-0.05, 0) is 25.0 Å². The Morgan fingerprint density at radius 2 is 2.05 bits per heavy atom. The van der Waals surface area contributed by atoms with Gasteiger partial charge in [0.05, 0.1) is 6.10 Å². The van der Waals surface area contributed by atoms with Crippen molar-refractivity contribution >= 4 is 11.6 Å². The molecule has 0 spiro atoms. The van der Waals surface area contributed by atoms with Gasteiger partial charge in [0.1, 0.15) is 19.3 Å². The normalized spacial score (nSPS) is 24.4. The van der Waals surface area contributed by atoms with Crippen LogP contribution in [0.1, 0.15) is 12.8 Å². The number of carbonyl (C=O) groups is 1. The Balaban J connectivity index is 1.64. The van der Waals surface area contributed by atoms with E-state index < -0.39 is 6.10 Å². The fraction of sp³-hybridized carbons (Fsp3) is 0.500. The molecule has 0 saturated carbocycles. The van der Waals surface area contributed by atoms with Crippen molar-refractivity contribution in [3.8, 4) is 11.5 Å². The molecule has 108 valence electrons. The van der Waals surface area contributed by atoms with Gasteiger partial charge in [0.2, 0.25) is 0 Å². The van der Waals surface area contributed by atoms with Crippen LogP contribution < -0.4 is 20.5 Å². The lowest BCUT2D eigenvalue weighted by Gasteiger charge is -2.19. The number of amides is 1. The number of fused-ring (bicyclic) bond motifs is 1. The van der Waals surface area contributed by atoms with Gasteiger partial charge in [-0.3, -0.25) is 4.79 Å². The molecule has 3 rings (SSSR count). The molecular weight excluding hydrogens is 260 g/mol.